The average molecular weight is 423 g/mol. The van der Waals surface area contributed by atoms with E-state index in [0.717, 1.165) is 11.3 Å². The number of hydrogen-bond donors (Lipinski definition) is 1. The number of likely N-dealkylation sites (N-methyl/N-ethyl adjacent to an activating group) is 1. The number of nitrogens with zero attached hydrogens (tertiary/aromatic N) is 1. The van der Waals surface area contributed by atoms with Gasteiger partial charge in [0.2, 0.25) is 11.8 Å². The van der Waals surface area contributed by atoms with E-state index in [2.05, 4.69) is 5.32 Å². The van der Waals surface area contributed by atoms with E-state index < -0.39 is 6.04 Å². The quantitative estimate of drug-likeness (QED) is 0.612. The van der Waals surface area contributed by atoms with Crippen molar-refractivity contribution in [1.82, 2.24) is 10.2 Å². The lowest BCUT2D eigenvalue weighted by Gasteiger charge is -2.28. The minimum Gasteiger partial charge on any atom is -0.494 e. The Kier molecular flexibility index (Phi) is 8.61. The van der Waals surface area contributed by atoms with Gasteiger partial charge in [-0.1, -0.05) is 47.5 Å². The zero-order valence-corrected chi connectivity index (χ0v) is 17.5. The number of carbonyl (C=O) groups is 2. The normalized spacial score (nSPS) is 11.6. The molecule has 1 atom stereocenters. The van der Waals surface area contributed by atoms with Crippen LogP contribution in [0, 0.1) is 0 Å². The van der Waals surface area contributed by atoms with Gasteiger partial charge >= 0.3 is 0 Å². The van der Waals surface area contributed by atoms with E-state index >= 15 is 0 Å². The lowest BCUT2D eigenvalue weighted by Crippen LogP contribution is -2.46. The van der Waals surface area contributed by atoms with Crippen LogP contribution in [0.2, 0.25) is 10.0 Å². The van der Waals surface area contributed by atoms with E-state index in [1.165, 1.54) is 4.90 Å². The van der Waals surface area contributed by atoms with Crippen LogP contribution in [0.1, 0.15) is 25.3 Å². The molecule has 1 N–H and O–H groups in total. The maximum Gasteiger partial charge on any atom is 0.242 e. The zero-order valence-electron chi connectivity index (χ0n) is 16.0. The Balaban J connectivity index is 2.01. The summed E-state index contributed by atoms with van der Waals surface area (Å²) in [5.74, 6) is 0.385. The SMILES string of the molecule is CNC(=O)[C@@H](C)N(Cc1ccc(Cl)cc1Cl)C(=O)CCCOc1ccccc1. The first-order valence-electron chi connectivity index (χ1n) is 9.05. The molecule has 2 aromatic carbocycles. The van der Waals surface area contributed by atoms with Crippen LogP contribution in [-0.2, 0) is 16.1 Å². The van der Waals surface area contributed by atoms with Gasteiger partial charge in [0.05, 0.1) is 6.61 Å². The Morgan fingerprint density at radius 1 is 1.14 bits per heavy atom. The highest BCUT2D eigenvalue weighted by Gasteiger charge is 2.25. The number of rotatable bonds is 9. The van der Waals surface area contributed by atoms with Crippen LogP contribution in [0.25, 0.3) is 0 Å². The summed E-state index contributed by atoms with van der Waals surface area (Å²) in [6.45, 7) is 2.34. The third-order valence-electron chi connectivity index (χ3n) is 4.32. The first-order valence-corrected chi connectivity index (χ1v) is 9.80. The van der Waals surface area contributed by atoms with Gasteiger partial charge in [0, 0.05) is 30.1 Å². The van der Waals surface area contributed by atoms with Crippen molar-refractivity contribution < 1.29 is 14.3 Å². The molecule has 0 aliphatic rings. The maximum absolute atomic E-state index is 12.8. The summed E-state index contributed by atoms with van der Waals surface area (Å²) in [4.78, 5) is 26.5. The van der Waals surface area contributed by atoms with E-state index in [0.29, 0.717) is 23.1 Å². The fraction of sp³-hybridized carbons (Fsp3) is 0.333. The summed E-state index contributed by atoms with van der Waals surface area (Å²) in [7, 11) is 1.55. The zero-order chi connectivity index (χ0) is 20.5. The van der Waals surface area contributed by atoms with E-state index in [1.54, 1.807) is 32.2 Å². The monoisotopic (exact) mass is 422 g/mol. The molecule has 0 heterocycles. The van der Waals surface area contributed by atoms with E-state index in [9.17, 15) is 9.59 Å². The number of carbonyl (C=O) groups excluding carboxylic acids is 2. The van der Waals surface area contributed by atoms with E-state index in [1.807, 2.05) is 30.3 Å². The predicted octanol–water partition coefficient (Wildman–Crippen LogP) is 4.32. The minimum atomic E-state index is -0.626. The van der Waals surface area contributed by atoms with E-state index in [4.69, 9.17) is 27.9 Å². The number of amides is 2. The molecule has 0 unspecified atom stereocenters. The van der Waals surface area contributed by atoms with Crippen molar-refractivity contribution in [3.63, 3.8) is 0 Å². The second-order valence-electron chi connectivity index (χ2n) is 6.31. The number of benzene rings is 2. The Labute approximate surface area is 175 Å². The van der Waals surface area contributed by atoms with Crippen molar-refractivity contribution in [3.8, 4) is 5.75 Å². The standard InChI is InChI=1S/C21H24Cl2N2O3/c1-15(21(27)24-2)25(14-16-10-11-17(22)13-19(16)23)20(26)9-6-12-28-18-7-4-3-5-8-18/h3-5,7-8,10-11,13,15H,6,9,12,14H2,1-2H3,(H,24,27)/t15-/m1/s1. The Hall–Kier alpha value is -2.24. The van der Waals surface area contributed by atoms with Crippen LogP contribution >= 0.6 is 23.2 Å². The number of para-hydroxylation sites is 1. The summed E-state index contributed by atoms with van der Waals surface area (Å²) in [5.41, 5.74) is 0.732. The van der Waals surface area contributed by atoms with Gasteiger partial charge in [-0.25, -0.2) is 0 Å². The molecule has 0 aromatic heterocycles. The molecular formula is C21H24Cl2N2O3. The average Bonchev–Trinajstić information content (AvgIpc) is 2.70. The number of halogens is 2. The molecule has 0 radical (unpaired) electrons. The molecule has 0 aliphatic heterocycles. The molecule has 150 valence electrons. The van der Waals surface area contributed by atoms with Gasteiger partial charge in [-0.2, -0.15) is 0 Å². The van der Waals surface area contributed by atoms with Gasteiger partial charge in [-0.05, 0) is 43.2 Å². The van der Waals surface area contributed by atoms with Crippen molar-refractivity contribution in [2.75, 3.05) is 13.7 Å². The number of ether oxygens (including phenoxy) is 1. The first kappa shape index (κ1) is 22.1. The molecule has 7 heteroatoms. The smallest absolute Gasteiger partial charge is 0.242 e. The molecule has 0 bridgehead atoms. The fourth-order valence-electron chi connectivity index (χ4n) is 2.70. The topological polar surface area (TPSA) is 58.6 Å². The number of hydrogen-bond acceptors (Lipinski definition) is 3. The van der Waals surface area contributed by atoms with Crippen molar-refractivity contribution >= 4 is 35.0 Å². The van der Waals surface area contributed by atoms with Crippen molar-refractivity contribution in [3.05, 3.63) is 64.1 Å². The minimum absolute atomic E-state index is 0.140. The number of nitrogens with one attached hydrogen (secondary N) is 1. The van der Waals surface area contributed by atoms with Crippen LogP contribution in [0.5, 0.6) is 5.75 Å². The highest BCUT2D eigenvalue weighted by atomic mass is 35.5. The Morgan fingerprint density at radius 3 is 2.50 bits per heavy atom. The van der Waals surface area contributed by atoms with Crippen molar-refractivity contribution in [2.24, 2.45) is 0 Å². The van der Waals surface area contributed by atoms with Gasteiger partial charge in [0.15, 0.2) is 0 Å². The largest absolute Gasteiger partial charge is 0.494 e. The third-order valence-corrected chi connectivity index (χ3v) is 4.90. The highest BCUT2D eigenvalue weighted by Crippen LogP contribution is 2.23. The van der Waals surface area contributed by atoms with E-state index in [-0.39, 0.29) is 24.8 Å². The van der Waals surface area contributed by atoms with Crippen LogP contribution in [0.3, 0.4) is 0 Å². The first-order chi connectivity index (χ1) is 13.4. The highest BCUT2D eigenvalue weighted by molar-refractivity contribution is 6.35. The Morgan fingerprint density at radius 2 is 1.86 bits per heavy atom. The molecule has 0 aliphatic carbocycles. The maximum atomic E-state index is 12.8. The second kappa shape index (κ2) is 10.9. The summed E-state index contributed by atoms with van der Waals surface area (Å²) in [6, 6.07) is 13.9. The van der Waals surface area contributed by atoms with Crippen LogP contribution in [0.4, 0.5) is 0 Å². The molecule has 2 amide bonds. The summed E-state index contributed by atoms with van der Waals surface area (Å²) in [5, 5.41) is 3.56. The second-order valence-corrected chi connectivity index (χ2v) is 7.16. The van der Waals surface area contributed by atoms with Crippen LogP contribution in [0.15, 0.2) is 48.5 Å². The van der Waals surface area contributed by atoms with Crippen LogP contribution in [-0.4, -0.2) is 36.4 Å². The lowest BCUT2D eigenvalue weighted by molar-refractivity contribution is -0.140. The van der Waals surface area contributed by atoms with Gasteiger partial charge in [-0.3, -0.25) is 9.59 Å². The van der Waals surface area contributed by atoms with Gasteiger partial charge in [0.25, 0.3) is 0 Å². The fourth-order valence-corrected chi connectivity index (χ4v) is 3.17. The van der Waals surface area contributed by atoms with Crippen LogP contribution < -0.4 is 10.1 Å². The molecule has 0 saturated heterocycles. The van der Waals surface area contributed by atoms with Gasteiger partial charge < -0.3 is 15.0 Å². The van der Waals surface area contributed by atoms with Gasteiger partial charge in [-0.15, -0.1) is 0 Å². The molecule has 0 fully saturated rings. The predicted molar refractivity (Wildman–Crippen MR) is 112 cm³/mol. The molecule has 2 rings (SSSR count). The molecule has 28 heavy (non-hydrogen) atoms. The lowest BCUT2D eigenvalue weighted by atomic mass is 10.1. The summed E-state index contributed by atoms with van der Waals surface area (Å²) >= 11 is 12.2. The molecule has 0 spiro atoms. The molecule has 2 aromatic rings. The van der Waals surface area contributed by atoms with Gasteiger partial charge in [0.1, 0.15) is 11.8 Å². The molecular weight excluding hydrogens is 399 g/mol. The molecule has 5 nitrogen and oxygen atoms in total. The van der Waals surface area contributed by atoms with Crippen molar-refractivity contribution in [1.29, 1.82) is 0 Å². The summed E-state index contributed by atoms with van der Waals surface area (Å²) in [6.07, 6.45) is 0.804. The third kappa shape index (κ3) is 6.43. The van der Waals surface area contributed by atoms with Crippen molar-refractivity contribution in [2.45, 2.75) is 32.4 Å². The Bertz CT molecular complexity index is 799. The molecule has 0 saturated carbocycles. The summed E-state index contributed by atoms with van der Waals surface area (Å²) < 4.78 is 5.63.